The van der Waals surface area contributed by atoms with E-state index in [1.165, 1.54) is 38.8 Å². The quantitative estimate of drug-likeness (QED) is 0.160. The number of para-hydroxylation sites is 2. The second-order valence-corrected chi connectivity index (χ2v) is 17.9. The van der Waals surface area contributed by atoms with E-state index in [0.717, 1.165) is 88.6 Å². The van der Waals surface area contributed by atoms with Crippen molar-refractivity contribution in [2.75, 3.05) is 4.90 Å². The summed E-state index contributed by atoms with van der Waals surface area (Å²) in [7, 11) is 0. The monoisotopic (exact) mass is 867 g/mol. The predicted octanol–water partition coefficient (Wildman–Crippen LogP) is 17.8. The average Bonchev–Trinajstić information content (AvgIpc) is 4.08. The zero-order valence-electron chi connectivity index (χ0n) is 36.9. The largest absolute Gasteiger partial charge is 0.456 e. The second kappa shape index (κ2) is 15.1. The maximum atomic E-state index is 6.61. The van der Waals surface area contributed by atoms with Crippen LogP contribution in [0, 0.1) is 0 Å². The molecule has 14 rings (SSSR count). The summed E-state index contributed by atoms with van der Waals surface area (Å²) in [5.74, 6) is 0. The minimum absolute atomic E-state index is 0.549. The summed E-state index contributed by atoms with van der Waals surface area (Å²) >= 11 is 0. The van der Waals surface area contributed by atoms with Crippen LogP contribution in [0.2, 0.25) is 0 Å². The Labute approximate surface area is 393 Å². The molecule has 0 fully saturated rings. The predicted molar refractivity (Wildman–Crippen MR) is 281 cm³/mol. The number of hydrogen-bond acceptors (Lipinski definition) is 3. The highest BCUT2D eigenvalue weighted by Gasteiger charge is 2.46. The molecule has 2 heterocycles. The summed E-state index contributed by atoms with van der Waals surface area (Å²) < 4.78 is 12.8. The van der Waals surface area contributed by atoms with Crippen LogP contribution in [0.3, 0.4) is 0 Å². The first kappa shape index (κ1) is 38.4. The molecule has 0 aliphatic heterocycles. The van der Waals surface area contributed by atoms with Gasteiger partial charge in [0.15, 0.2) is 0 Å². The van der Waals surface area contributed by atoms with E-state index in [9.17, 15) is 0 Å². The van der Waals surface area contributed by atoms with Crippen LogP contribution >= 0.6 is 0 Å². The van der Waals surface area contributed by atoms with Gasteiger partial charge in [-0.1, -0.05) is 182 Å². The molecular weight excluding hydrogens is 827 g/mol. The lowest BCUT2D eigenvalue weighted by molar-refractivity contribution is 0.669. The van der Waals surface area contributed by atoms with Crippen LogP contribution in [0.15, 0.2) is 258 Å². The molecule has 0 atom stereocenters. The van der Waals surface area contributed by atoms with Crippen molar-refractivity contribution in [1.82, 2.24) is 0 Å². The minimum Gasteiger partial charge on any atom is -0.456 e. The molecule has 0 saturated heterocycles. The first-order valence-electron chi connectivity index (χ1n) is 23.3. The number of hydrogen-bond donors (Lipinski definition) is 0. The zero-order chi connectivity index (χ0) is 44.8. The summed E-state index contributed by atoms with van der Waals surface area (Å²) in [4.78, 5) is 2.45. The third kappa shape index (κ3) is 5.72. The van der Waals surface area contributed by atoms with Gasteiger partial charge in [-0.25, -0.2) is 0 Å². The molecule has 13 aromatic rings. The second-order valence-electron chi connectivity index (χ2n) is 17.9. The van der Waals surface area contributed by atoms with Crippen molar-refractivity contribution in [3.8, 4) is 33.4 Å². The Morgan fingerprint density at radius 1 is 0.309 bits per heavy atom. The highest BCUT2D eigenvalue weighted by Crippen LogP contribution is 2.57. The van der Waals surface area contributed by atoms with Crippen molar-refractivity contribution in [3.63, 3.8) is 0 Å². The normalized spacial score (nSPS) is 12.8. The molecule has 0 spiro atoms. The van der Waals surface area contributed by atoms with E-state index in [2.05, 4.69) is 241 Å². The van der Waals surface area contributed by atoms with Crippen LogP contribution < -0.4 is 4.90 Å². The van der Waals surface area contributed by atoms with Gasteiger partial charge in [0, 0.05) is 43.9 Å². The number of furan rings is 2. The number of nitrogens with zero attached hydrogens (tertiary/aromatic N) is 1. The van der Waals surface area contributed by atoms with Crippen LogP contribution in [0.5, 0.6) is 0 Å². The van der Waals surface area contributed by atoms with Gasteiger partial charge >= 0.3 is 0 Å². The molecule has 2 aromatic heterocycles. The van der Waals surface area contributed by atoms with E-state index in [-0.39, 0.29) is 0 Å². The summed E-state index contributed by atoms with van der Waals surface area (Å²) in [5, 5.41) is 6.75. The Morgan fingerprint density at radius 2 is 0.882 bits per heavy atom. The van der Waals surface area contributed by atoms with Gasteiger partial charge < -0.3 is 13.7 Å². The van der Waals surface area contributed by atoms with E-state index in [0.29, 0.717) is 0 Å². The maximum Gasteiger partial charge on any atom is 0.143 e. The molecular formula is C65H41NO2. The van der Waals surface area contributed by atoms with E-state index >= 15 is 0 Å². The molecule has 0 unspecified atom stereocenters. The van der Waals surface area contributed by atoms with Gasteiger partial charge in [0.05, 0.1) is 11.1 Å². The standard InChI is InChI=1S/C65H41NO2/c1-3-16-46(17-4-1)65(47-18-5-2-6-19-47)58-24-12-9-22-52(58)53-36-34-49(41-59(53)65)66(48-32-27-42(28-33-48)44-30-37-62-56(39-44)54-23-11-14-26-61(54)67-62)60-25-13-10-20-50(60)45-31-38-63-57(40-45)55-35-29-43-15-7-8-21-51(43)64(55)68-63/h1-41H. The Bertz CT molecular complexity index is 4050. The van der Waals surface area contributed by atoms with E-state index < -0.39 is 5.41 Å². The Morgan fingerprint density at radius 3 is 1.69 bits per heavy atom. The van der Waals surface area contributed by atoms with Gasteiger partial charge in [-0.05, 0) is 122 Å². The SMILES string of the molecule is c1ccc(C2(c3ccccc3)c3ccccc3-c3ccc(N(c4ccc(-c5ccc6oc7ccccc7c6c5)cc4)c4ccccc4-c4ccc5oc6c7ccccc7ccc6c5c4)cc32)cc1. The average molecular weight is 868 g/mol. The van der Waals surface area contributed by atoms with Crippen molar-refractivity contribution in [2.45, 2.75) is 5.41 Å². The molecule has 318 valence electrons. The third-order valence-corrected chi connectivity index (χ3v) is 14.4. The number of fused-ring (bicyclic) bond motifs is 11. The smallest absolute Gasteiger partial charge is 0.143 e. The van der Waals surface area contributed by atoms with Crippen LogP contribution in [0.1, 0.15) is 22.3 Å². The molecule has 0 amide bonds. The van der Waals surface area contributed by atoms with E-state index in [1.807, 2.05) is 12.1 Å². The van der Waals surface area contributed by atoms with Crippen LogP contribution in [-0.2, 0) is 5.41 Å². The summed E-state index contributed by atoms with van der Waals surface area (Å²) in [5.41, 5.74) is 18.3. The molecule has 1 aliphatic carbocycles. The zero-order valence-corrected chi connectivity index (χ0v) is 36.9. The summed E-state index contributed by atoms with van der Waals surface area (Å²) in [6.45, 7) is 0. The van der Waals surface area contributed by atoms with E-state index in [1.54, 1.807) is 0 Å². The lowest BCUT2D eigenvalue weighted by Crippen LogP contribution is -2.28. The van der Waals surface area contributed by atoms with Gasteiger partial charge in [-0.2, -0.15) is 0 Å². The third-order valence-electron chi connectivity index (χ3n) is 14.4. The topological polar surface area (TPSA) is 29.5 Å². The molecule has 0 radical (unpaired) electrons. The molecule has 0 N–H and O–H groups in total. The maximum absolute atomic E-state index is 6.61. The van der Waals surface area contributed by atoms with Gasteiger partial charge in [0.2, 0.25) is 0 Å². The minimum atomic E-state index is -0.549. The Hall–Kier alpha value is -8.92. The summed E-state index contributed by atoms with van der Waals surface area (Å²) in [6.07, 6.45) is 0. The lowest BCUT2D eigenvalue weighted by atomic mass is 9.67. The highest BCUT2D eigenvalue weighted by atomic mass is 16.3. The molecule has 0 saturated carbocycles. The molecule has 3 heteroatoms. The van der Waals surface area contributed by atoms with Crippen LogP contribution in [0.25, 0.3) is 88.0 Å². The fraction of sp³-hybridized carbons (Fsp3) is 0.0154. The molecule has 0 bridgehead atoms. The van der Waals surface area contributed by atoms with Crippen LogP contribution in [0.4, 0.5) is 17.1 Å². The van der Waals surface area contributed by atoms with Gasteiger partial charge in [-0.15, -0.1) is 0 Å². The van der Waals surface area contributed by atoms with Crippen molar-refractivity contribution in [2.24, 2.45) is 0 Å². The van der Waals surface area contributed by atoms with Gasteiger partial charge in [0.1, 0.15) is 22.3 Å². The lowest BCUT2D eigenvalue weighted by Gasteiger charge is -2.35. The first-order chi connectivity index (χ1) is 33.7. The molecule has 68 heavy (non-hydrogen) atoms. The fourth-order valence-corrected chi connectivity index (χ4v) is 11.3. The fourth-order valence-electron chi connectivity index (χ4n) is 11.3. The summed E-state index contributed by atoms with van der Waals surface area (Å²) in [6, 6.07) is 90.3. The number of anilines is 3. The molecule has 11 aromatic carbocycles. The number of benzene rings is 11. The van der Waals surface area contributed by atoms with Crippen molar-refractivity contribution in [3.05, 3.63) is 271 Å². The molecule has 1 aliphatic rings. The first-order valence-corrected chi connectivity index (χ1v) is 23.3. The molecule has 3 nitrogen and oxygen atoms in total. The highest BCUT2D eigenvalue weighted by molar-refractivity contribution is 6.16. The van der Waals surface area contributed by atoms with Crippen molar-refractivity contribution >= 4 is 71.7 Å². The Kier molecular flexibility index (Phi) is 8.50. The van der Waals surface area contributed by atoms with Crippen molar-refractivity contribution < 1.29 is 8.83 Å². The van der Waals surface area contributed by atoms with Crippen LogP contribution in [-0.4, -0.2) is 0 Å². The van der Waals surface area contributed by atoms with E-state index in [4.69, 9.17) is 8.83 Å². The van der Waals surface area contributed by atoms with Crippen molar-refractivity contribution in [1.29, 1.82) is 0 Å². The van der Waals surface area contributed by atoms with Gasteiger partial charge in [-0.3, -0.25) is 0 Å². The number of rotatable bonds is 7. The Balaban J connectivity index is 0.981. The van der Waals surface area contributed by atoms with Gasteiger partial charge in [0.25, 0.3) is 0 Å².